The second kappa shape index (κ2) is 9.43. The minimum Gasteiger partial charge on any atom is -0.339 e. The molecule has 1 aliphatic heterocycles. The van der Waals surface area contributed by atoms with Gasteiger partial charge >= 0.3 is 0 Å². The van der Waals surface area contributed by atoms with Gasteiger partial charge in [0.1, 0.15) is 0 Å². The normalized spacial score (nSPS) is 15.2. The van der Waals surface area contributed by atoms with Crippen LogP contribution in [0.4, 0.5) is 0 Å². The molecular weight excluding hydrogens is 386 g/mol. The molecular formula is C25H31N5O. The number of aromatic nitrogens is 3. The first-order chi connectivity index (χ1) is 15.0. The van der Waals surface area contributed by atoms with Crippen molar-refractivity contribution in [2.75, 3.05) is 26.7 Å². The van der Waals surface area contributed by atoms with Crippen LogP contribution in [0.15, 0.2) is 54.9 Å². The lowest BCUT2D eigenvalue weighted by molar-refractivity contribution is 0.0642. The lowest BCUT2D eigenvalue weighted by Gasteiger charge is -2.36. The van der Waals surface area contributed by atoms with Gasteiger partial charge < -0.3 is 9.80 Å². The molecule has 1 aromatic carbocycles. The standard InChI is InChI=1S/C25H31N5O/c1-19-8-4-5-10-24(19)30-20(2)23(18-27-30)25(31)28(3)22-12-16-29(17-13-22)15-11-21-9-6-7-14-26-21/h4-10,14,18,22H,11-13,15-17H2,1-3H3. The first kappa shape index (κ1) is 21.2. The van der Waals surface area contributed by atoms with Crippen LogP contribution < -0.4 is 0 Å². The zero-order valence-electron chi connectivity index (χ0n) is 18.7. The summed E-state index contributed by atoms with van der Waals surface area (Å²) in [6.07, 6.45) is 6.52. The summed E-state index contributed by atoms with van der Waals surface area (Å²) < 4.78 is 1.87. The second-order valence-corrected chi connectivity index (χ2v) is 8.40. The maximum Gasteiger partial charge on any atom is 0.257 e. The van der Waals surface area contributed by atoms with Crippen LogP contribution in [0.5, 0.6) is 0 Å². The Morgan fingerprint density at radius 1 is 1.10 bits per heavy atom. The van der Waals surface area contributed by atoms with Crippen LogP contribution in [0.25, 0.3) is 5.69 Å². The summed E-state index contributed by atoms with van der Waals surface area (Å²) in [7, 11) is 1.93. The third-order valence-corrected chi connectivity index (χ3v) is 6.42. The van der Waals surface area contributed by atoms with Gasteiger partial charge in [-0.1, -0.05) is 24.3 Å². The van der Waals surface area contributed by atoms with E-state index in [0.29, 0.717) is 5.56 Å². The summed E-state index contributed by atoms with van der Waals surface area (Å²) in [5, 5.41) is 4.52. The highest BCUT2D eigenvalue weighted by atomic mass is 16.2. The molecule has 4 rings (SSSR count). The fraction of sp³-hybridized carbons (Fsp3) is 0.400. The molecule has 1 aliphatic rings. The van der Waals surface area contributed by atoms with Gasteiger partial charge in [-0.25, -0.2) is 4.68 Å². The Hall–Kier alpha value is -2.99. The number of rotatable bonds is 6. The smallest absolute Gasteiger partial charge is 0.257 e. The van der Waals surface area contributed by atoms with Gasteiger partial charge in [0, 0.05) is 51.0 Å². The van der Waals surface area contributed by atoms with Crippen molar-refractivity contribution in [1.29, 1.82) is 0 Å². The summed E-state index contributed by atoms with van der Waals surface area (Å²) >= 11 is 0. The maximum atomic E-state index is 13.2. The van der Waals surface area contributed by atoms with Crippen LogP contribution in [0.2, 0.25) is 0 Å². The summed E-state index contributed by atoms with van der Waals surface area (Å²) in [5.41, 5.74) is 4.86. The van der Waals surface area contributed by atoms with E-state index >= 15 is 0 Å². The highest BCUT2D eigenvalue weighted by Gasteiger charge is 2.28. The number of pyridine rings is 1. The predicted octanol–water partition coefficient (Wildman–Crippen LogP) is 3.66. The Labute approximate surface area is 184 Å². The van der Waals surface area contributed by atoms with Gasteiger partial charge in [-0.05, 0) is 50.5 Å². The zero-order valence-corrected chi connectivity index (χ0v) is 18.7. The third-order valence-electron chi connectivity index (χ3n) is 6.42. The number of benzene rings is 1. The highest BCUT2D eigenvalue weighted by molar-refractivity contribution is 5.95. The number of carbonyl (C=O) groups is 1. The van der Waals surface area contributed by atoms with Crippen molar-refractivity contribution >= 4 is 5.91 Å². The number of hydrogen-bond acceptors (Lipinski definition) is 4. The monoisotopic (exact) mass is 417 g/mol. The molecule has 3 aromatic rings. The highest BCUT2D eigenvalue weighted by Crippen LogP contribution is 2.22. The van der Waals surface area contributed by atoms with Crippen molar-refractivity contribution in [3.63, 3.8) is 0 Å². The van der Waals surface area contributed by atoms with E-state index in [0.717, 1.165) is 61.5 Å². The molecule has 0 atom stereocenters. The van der Waals surface area contributed by atoms with Crippen LogP contribution in [0, 0.1) is 13.8 Å². The van der Waals surface area contributed by atoms with Crippen molar-refractivity contribution in [2.45, 2.75) is 39.2 Å². The molecule has 2 aromatic heterocycles. The van der Waals surface area contributed by atoms with Gasteiger partial charge in [0.2, 0.25) is 0 Å². The molecule has 0 bridgehead atoms. The Morgan fingerprint density at radius 3 is 2.55 bits per heavy atom. The van der Waals surface area contributed by atoms with Crippen LogP contribution in [0.3, 0.4) is 0 Å². The van der Waals surface area contributed by atoms with E-state index in [1.54, 1.807) is 6.20 Å². The molecule has 3 heterocycles. The average molecular weight is 418 g/mol. The topological polar surface area (TPSA) is 54.3 Å². The summed E-state index contributed by atoms with van der Waals surface area (Å²) in [4.78, 5) is 22.0. The van der Waals surface area contributed by atoms with E-state index in [1.807, 2.05) is 60.1 Å². The molecule has 0 unspecified atom stereocenters. The number of piperidine rings is 1. The van der Waals surface area contributed by atoms with E-state index in [9.17, 15) is 4.79 Å². The largest absolute Gasteiger partial charge is 0.339 e. The minimum atomic E-state index is 0.0595. The molecule has 6 heteroatoms. The van der Waals surface area contributed by atoms with Crippen molar-refractivity contribution in [3.05, 3.63) is 77.4 Å². The number of hydrogen-bond donors (Lipinski definition) is 0. The minimum absolute atomic E-state index is 0.0595. The lowest BCUT2D eigenvalue weighted by atomic mass is 10.0. The number of likely N-dealkylation sites (tertiary alicyclic amines) is 1. The SMILES string of the molecule is Cc1ccccc1-n1ncc(C(=O)N(C)C2CCN(CCc3ccccn3)CC2)c1C. The van der Waals surface area contributed by atoms with Crippen LogP contribution in [0.1, 0.15) is 40.2 Å². The number of aryl methyl sites for hydroxylation is 1. The molecule has 1 saturated heterocycles. The molecule has 0 radical (unpaired) electrons. The van der Waals surface area contributed by atoms with Gasteiger partial charge in [0.05, 0.1) is 23.1 Å². The average Bonchev–Trinajstić information content (AvgIpc) is 3.19. The number of amides is 1. The summed E-state index contributed by atoms with van der Waals surface area (Å²) in [6.45, 7) is 7.07. The van der Waals surface area contributed by atoms with Crippen molar-refractivity contribution in [2.24, 2.45) is 0 Å². The third kappa shape index (κ3) is 4.69. The lowest BCUT2D eigenvalue weighted by Crippen LogP contribution is -2.46. The van der Waals surface area contributed by atoms with Gasteiger partial charge in [-0.15, -0.1) is 0 Å². The van der Waals surface area contributed by atoms with Crippen LogP contribution in [-0.4, -0.2) is 63.2 Å². The summed E-state index contributed by atoms with van der Waals surface area (Å²) in [5.74, 6) is 0.0595. The predicted molar refractivity (Wildman–Crippen MR) is 123 cm³/mol. The Bertz CT molecular complexity index is 1020. The first-order valence-corrected chi connectivity index (χ1v) is 11.0. The number of nitrogens with zero attached hydrogens (tertiary/aromatic N) is 5. The van der Waals surface area contributed by atoms with E-state index in [-0.39, 0.29) is 11.9 Å². The van der Waals surface area contributed by atoms with Gasteiger partial charge in [-0.3, -0.25) is 9.78 Å². The van der Waals surface area contributed by atoms with E-state index in [2.05, 4.69) is 34.0 Å². The second-order valence-electron chi connectivity index (χ2n) is 8.40. The molecule has 0 aliphatic carbocycles. The van der Waals surface area contributed by atoms with E-state index in [4.69, 9.17) is 0 Å². The van der Waals surface area contributed by atoms with Crippen LogP contribution >= 0.6 is 0 Å². The van der Waals surface area contributed by atoms with E-state index in [1.165, 1.54) is 0 Å². The fourth-order valence-corrected chi connectivity index (χ4v) is 4.37. The van der Waals surface area contributed by atoms with Crippen molar-refractivity contribution in [1.82, 2.24) is 24.6 Å². The Kier molecular flexibility index (Phi) is 6.47. The van der Waals surface area contributed by atoms with Crippen molar-refractivity contribution in [3.8, 4) is 5.69 Å². The van der Waals surface area contributed by atoms with Crippen LogP contribution in [-0.2, 0) is 6.42 Å². The van der Waals surface area contributed by atoms with Gasteiger partial charge in [0.15, 0.2) is 0 Å². The summed E-state index contributed by atoms with van der Waals surface area (Å²) in [6, 6.07) is 14.4. The molecule has 31 heavy (non-hydrogen) atoms. The Balaban J connectivity index is 1.36. The molecule has 0 N–H and O–H groups in total. The zero-order chi connectivity index (χ0) is 21.8. The fourth-order valence-electron chi connectivity index (χ4n) is 4.37. The van der Waals surface area contributed by atoms with Gasteiger partial charge in [-0.2, -0.15) is 5.10 Å². The number of para-hydroxylation sites is 1. The molecule has 1 fully saturated rings. The van der Waals surface area contributed by atoms with E-state index < -0.39 is 0 Å². The van der Waals surface area contributed by atoms with Gasteiger partial charge in [0.25, 0.3) is 5.91 Å². The van der Waals surface area contributed by atoms with Crippen molar-refractivity contribution < 1.29 is 4.79 Å². The molecule has 0 spiro atoms. The quantitative estimate of drug-likeness (QED) is 0.614. The molecule has 0 saturated carbocycles. The molecule has 162 valence electrons. The Morgan fingerprint density at radius 2 is 1.84 bits per heavy atom. The maximum absolute atomic E-state index is 13.2. The molecule has 1 amide bonds. The first-order valence-electron chi connectivity index (χ1n) is 11.0. The molecule has 6 nitrogen and oxygen atoms in total. The number of carbonyl (C=O) groups excluding carboxylic acids is 1.